The summed E-state index contributed by atoms with van der Waals surface area (Å²) in [6, 6.07) is 0. The number of rotatable bonds is 0. The van der Waals surface area contributed by atoms with Crippen LogP contribution in [-0.4, -0.2) is 36.2 Å². The standard InChI is InChI=1S/C6H8Cl2O2/c7-3-1-9-6-4(8)2-10-5(3)6/h3-6H,1-2H2/t3-,4-,5+,6+/m1/s1. The molecule has 0 aromatic rings. The Morgan fingerprint density at radius 3 is 1.70 bits per heavy atom. The number of ether oxygens (including phenoxy) is 2. The molecular formula is C6H8Cl2O2. The van der Waals surface area contributed by atoms with Crippen LogP contribution in [0.15, 0.2) is 0 Å². The van der Waals surface area contributed by atoms with Gasteiger partial charge in [0.25, 0.3) is 0 Å². The molecule has 0 spiro atoms. The molecule has 2 aliphatic rings. The maximum atomic E-state index is 5.87. The van der Waals surface area contributed by atoms with Gasteiger partial charge >= 0.3 is 0 Å². The highest BCUT2D eigenvalue weighted by molar-refractivity contribution is 6.23. The summed E-state index contributed by atoms with van der Waals surface area (Å²) in [6.45, 7) is 1.14. The van der Waals surface area contributed by atoms with Crippen molar-refractivity contribution in [2.45, 2.75) is 23.0 Å². The molecule has 0 aliphatic carbocycles. The van der Waals surface area contributed by atoms with E-state index in [9.17, 15) is 0 Å². The van der Waals surface area contributed by atoms with Gasteiger partial charge in [0, 0.05) is 0 Å². The van der Waals surface area contributed by atoms with Gasteiger partial charge in [-0.05, 0) is 0 Å². The van der Waals surface area contributed by atoms with Crippen molar-refractivity contribution in [3.05, 3.63) is 0 Å². The van der Waals surface area contributed by atoms with Gasteiger partial charge in [-0.25, -0.2) is 0 Å². The van der Waals surface area contributed by atoms with Crippen LogP contribution in [-0.2, 0) is 9.47 Å². The van der Waals surface area contributed by atoms with Crippen LogP contribution in [0.4, 0.5) is 0 Å². The van der Waals surface area contributed by atoms with Crippen LogP contribution in [0.3, 0.4) is 0 Å². The van der Waals surface area contributed by atoms with Crippen molar-refractivity contribution >= 4 is 23.2 Å². The van der Waals surface area contributed by atoms with Crippen molar-refractivity contribution in [3.8, 4) is 0 Å². The fourth-order valence-electron chi connectivity index (χ4n) is 1.41. The lowest BCUT2D eigenvalue weighted by Crippen LogP contribution is -2.26. The first kappa shape index (κ1) is 7.17. The molecule has 2 rings (SSSR count). The van der Waals surface area contributed by atoms with E-state index in [1.54, 1.807) is 0 Å². The number of halogens is 2. The maximum absolute atomic E-state index is 5.87. The molecule has 58 valence electrons. The Bertz CT molecular complexity index is 126. The van der Waals surface area contributed by atoms with Crippen molar-refractivity contribution in [1.82, 2.24) is 0 Å². The first-order chi connectivity index (χ1) is 4.79. The zero-order valence-electron chi connectivity index (χ0n) is 5.30. The van der Waals surface area contributed by atoms with Gasteiger partial charge in [-0.1, -0.05) is 0 Å². The minimum atomic E-state index is -0.00579. The highest BCUT2D eigenvalue weighted by Gasteiger charge is 2.46. The summed E-state index contributed by atoms with van der Waals surface area (Å²) < 4.78 is 10.6. The lowest BCUT2D eigenvalue weighted by molar-refractivity contribution is 0.0741. The van der Waals surface area contributed by atoms with Gasteiger partial charge in [0.2, 0.25) is 0 Å². The van der Waals surface area contributed by atoms with Gasteiger partial charge < -0.3 is 9.47 Å². The summed E-state index contributed by atoms with van der Waals surface area (Å²) in [5.74, 6) is 0. The molecule has 10 heavy (non-hydrogen) atoms. The molecule has 0 saturated carbocycles. The maximum Gasteiger partial charge on any atom is 0.104 e. The fraction of sp³-hybridized carbons (Fsp3) is 1.00. The predicted octanol–water partition coefficient (Wildman–Crippen LogP) is 0.999. The van der Waals surface area contributed by atoms with Crippen molar-refractivity contribution in [2.75, 3.05) is 13.2 Å². The van der Waals surface area contributed by atoms with Crippen LogP contribution >= 0.6 is 23.2 Å². The molecule has 0 amide bonds. The summed E-state index contributed by atoms with van der Waals surface area (Å²) in [5.41, 5.74) is 0. The van der Waals surface area contributed by atoms with E-state index in [0.29, 0.717) is 13.2 Å². The Morgan fingerprint density at radius 1 is 0.900 bits per heavy atom. The Balaban J connectivity index is 2.09. The van der Waals surface area contributed by atoms with E-state index < -0.39 is 0 Å². The second-order valence-electron chi connectivity index (χ2n) is 2.63. The molecule has 2 heterocycles. The van der Waals surface area contributed by atoms with Crippen LogP contribution in [0.25, 0.3) is 0 Å². The van der Waals surface area contributed by atoms with E-state index in [2.05, 4.69) is 0 Å². The molecule has 2 saturated heterocycles. The molecule has 0 unspecified atom stereocenters. The van der Waals surface area contributed by atoms with E-state index in [4.69, 9.17) is 32.7 Å². The van der Waals surface area contributed by atoms with Crippen LogP contribution in [0, 0.1) is 0 Å². The molecule has 0 aromatic carbocycles. The molecule has 2 nitrogen and oxygen atoms in total. The summed E-state index contributed by atoms with van der Waals surface area (Å²) in [5, 5.41) is -0.0116. The van der Waals surface area contributed by atoms with E-state index >= 15 is 0 Å². The van der Waals surface area contributed by atoms with Gasteiger partial charge in [-0.2, -0.15) is 0 Å². The highest BCUT2D eigenvalue weighted by Crippen LogP contribution is 2.32. The largest absolute Gasteiger partial charge is 0.372 e. The number of fused-ring (bicyclic) bond motifs is 1. The molecule has 2 aliphatic heterocycles. The molecule has 4 atom stereocenters. The predicted molar refractivity (Wildman–Crippen MR) is 38.8 cm³/mol. The van der Waals surface area contributed by atoms with Crippen molar-refractivity contribution in [2.24, 2.45) is 0 Å². The van der Waals surface area contributed by atoms with E-state index in [0.717, 1.165) is 0 Å². The molecular weight excluding hydrogens is 175 g/mol. The first-order valence-corrected chi connectivity index (χ1v) is 4.17. The fourth-order valence-corrected chi connectivity index (χ4v) is 1.98. The normalized spacial score (nSPS) is 53.4. The van der Waals surface area contributed by atoms with Crippen molar-refractivity contribution in [1.29, 1.82) is 0 Å². The van der Waals surface area contributed by atoms with Crippen molar-refractivity contribution in [3.63, 3.8) is 0 Å². The number of hydrogen-bond donors (Lipinski definition) is 0. The minimum absolute atomic E-state index is 0.00579. The number of hydrogen-bond acceptors (Lipinski definition) is 2. The second-order valence-corrected chi connectivity index (χ2v) is 3.75. The molecule has 0 aromatic heterocycles. The average Bonchev–Trinajstić information content (AvgIpc) is 2.41. The van der Waals surface area contributed by atoms with Crippen LogP contribution in [0.5, 0.6) is 0 Å². The van der Waals surface area contributed by atoms with Crippen molar-refractivity contribution < 1.29 is 9.47 Å². The third kappa shape index (κ3) is 0.944. The van der Waals surface area contributed by atoms with Gasteiger partial charge in [0.15, 0.2) is 0 Å². The SMILES string of the molecule is Cl[C@@H]1CO[C@@H]2[C@H]1OC[C@H]2Cl. The van der Waals surface area contributed by atoms with E-state index in [1.807, 2.05) is 0 Å². The first-order valence-electron chi connectivity index (χ1n) is 3.30. The molecule has 0 bridgehead atoms. The average molecular weight is 183 g/mol. The van der Waals surface area contributed by atoms with Gasteiger partial charge in [0.1, 0.15) is 12.2 Å². The van der Waals surface area contributed by atoms with E-state index in [1.165, 1.54) is 0 Å². The Morgan fingerprint density at radius 2 is 1.30 bits per heavy atom. The van der Waals surface area contributed by atoms with Gasteiger partial charge in [-0.15, -0.1) is 23.2 Å². The summed E-state index contributed by atoms with van der Waals surface area (Å²) in [7, 11) is 0. The molecule has 0 N–H and O–H groups in total. The van der Waals surface area contributed by atoms with Crippen LogP contribution in [0.2, 0.25) is 0 Å². The van der Waals surface area contributed by atoms with Crippen LogP contribution in [0.1, 0.15) is 0 Å². The highest BCUT2D eigenvalue weighted by atomic mass is 35.5. The summed E-state index contributed by atoms with van der Waals surface area (Å²) in [4.78, 5) is 0. The zero-order chi connectivity index (χ0) is 7.14. The second kappa shape index (κ2) is 2.52. The quantitative estimate of drug-likeness (QED) is 0.521. The lowest BCUT2D eigenvalue weighted by atomic mass is 10.2. The Hall–Kier alpha value is 0.500. The monoisotopic (exact) mass is 182 g/mol. The number of alkyl halides is 2. The lowest BCUT2D eigenvalue weighted by Gasteiger charge is -2.08. The Kier molecular flexibility index (Phi) is 1.81. The van der Waals surface area contributed by atoms with E-state index in [-0.39, 0.29) is 23.0 Å². The smallest absolute Gasteiger partial charge is 0.104 e. The zero-order valence-corrected chi connectivity index (χ0v) is 6.81. The summed E-state index contributed by atoms with van der Waals surface area (Å²) in [6.07, 6.45) is 0.0633. The minimum Gasteiger partial charge on any atom is -0.372 e. The third-order valence-corrected chi connectivity index (χ3v) is 2.68. The topological polar surface area (TPSA) is 18.5 Å². The molecule has 4 heteroatoms. The van der Waals surface area contributed by atoms with Crippen LogP contribution < -0.4 is 0 Å². The molecule has 2 fully saturated rings. The Labute approximate surface area is 69.4 Å². The third-order valence-electron chi connectivity index (χ3n) is 1.93. The molecule has 0 radical (unpaired) electrons. The van der Waals surface area contributed by atoms with Gasteiger partial charge in [0.05, 0.1) is 24.0 Å². The van der Waals surface area contributed by atoms with Gasteiger partial charge in [-0.3, -0.25) is 0 Å². The summed E-state index contributed by atoms with van der Waals surface area (Å²) >= 11 is 11.7.